The molecule has 0 saturated heterocycles. The van der Waals surface area contributed by atoms with Crippen LogP contribution < -0.4 is 10.6 Å². The van der Waals surface area contributed by atoms with E-state index in [1.165, 1.54) is 0 Å². The number of hydrogen-bond acceptors (Lipinski definition) is 6. The summed E-state index contributed by atoms with van der Waals surface area (Å²) >= 11 is 1.13. The van der Waals surface area contributed by atoms with Gasteiger partial charge in [-0.2, -0.15) is 5.26 Å². The topological polar surface area (TPSA) is 108 Å². The number of aliphatic hydroxyl groups excluding tert-OH is 1. The van der Waals surface area contributed by atoms with E-state index in [-0.39, 0.29) is 12.5 Å². The highest BCUT2D eigenvalue weighted by Gasteiger charge is 2.34. The van der Waals surface area contributed by atoms with E-state index in [2.05, 4.69) is 15.9 Å². The molecule has 1 amide bonds. The van der Waals surface area contributed by atoms with Gasteiger partial charge in [-0.1, -0.05) is 42.1 Å². The van der Waals surface area contributed by atoms with E-state index in [0.29, 0.717) is 34.2 Å². The second-order valence-corrected chi connectivity index (χ2v) is 7.93. The van der Waals surface area contributed by atoms with Crippen LogP contribution >= 0.6 is 11.8 Å². The summed E-state index contributed by atoms with van der Waals surface area (Å²) in [7, 11) is 1.74. The lowest BCUT2D eigenvalue weighted by molar-refractivity contribution is -0.117. The van der Waals surface area contributed by atoms with Crippen molar-refractivity contribution < 1.29 is 9.90 Å². The zero-order valence-electron chi connectivity index (χ0n) is 16.0. The Morgan fingerprint density at radius 1 is 1.48 bits per heavy atom. The van der Waals surface area contributed by atoms with Crippen LogP contribution in [0.25, 0.3) is 4.85 Å². The van der Waals surface area contributed by atoms with E-state index in [1.54, 1.807) is 11.9 Å². The number of carbonyl (C=O) groups is 1. The molecule has 1 aromatic heterocycles. The molecule has 29 heavy (non-hydrogen) atoms. The molecule has 0 aliphatic heterocycles. The highest BCUT2D eigenvalue weighted by Crippen LogP contribution is 2.51. The quantitative estimate of drug-likeness (QED) is 0.514. The normalized spacial score (nSPS) is 13.9. The third-order valence-electron chi connectivity index (χ3n) is 4.75. The summed E-state index contributed by atoms with van der Waals surface area (Å²) in [4.78, 5) is 22.1. The molecule has 3 rings (SSSR count). The first-order valence-corrected chi connectivity index (χ1v) is 10.1. The predicted molar refractivity (Wildman–Crippen MR) is 112 cm³/mol. The zero-order valence-corrected chi connectivity index (χ0v) is 16.8. The van der Waals surface area contributed by atoms with E-state index in [1.807, 2.05) is 30.3 Å². The number of primary amides is 1. The SMILES string of the molecule is [C-]#[N+]c1c(N(C)CCO)nc(SC(C(N)=O)c2ccccc2)c(C#N)c1C1CC1. The minimum atomic E-state index is -0.711. The Labute approximate surface area is 174 Å². The molecule has 1 unspecified atom stereocenters. The number of carbonyl (C=O) groups excluding carboxylic acids is 1. The summed E-state index contributed by atoms with van der Waals surface area (Å²) in [5, 5.41) is 18.9. The van der Waals surface area contributed by atoms with Crippen LogP contribution in [-0.4, -0.2) is 36.2 Å². The van der Waals surface area contributed by atoms with Gasteiger partial charge in [0, 0.05) is 13.6 Å². The Kier molecular flexibility index (Phi) is 6.38. The number of pyridine rings is 1. The number of nitrogens with two attached hydrogens (primary N) is 1. The van der Waals surface area contributed by atoms with Crippen LogP contribution in [0.2, 0.25) is 0 Å². The molecule has 1 atom stereocenters. The van der Waals surface area contributed by atoms with Crippen molar-refractivity contribution in [1.82, 2.24) is 4.98 Å². The molecule has 2 aromatic rings. The molecule has 1 aromatic carbocycles. The number of rotatable bonds is 8. The van der Waals surface area contributed by atoms with Gasteiger partial charge >= 0.3 is 0 Å². The molecule has 1 saturated carbocycles. The molecule has 0 radical (unpaired) electrons. The number of anilines is 1. The molecule has 8 heteroatoms. The number of amides is 1. The first kappa shape index (κ1) is 20.7. The van der Waals surface area contributed by atoms with Crippen LogP contribution in [0, 0.1) is 17.9 Å². The van der Waals surface area contributed by atoms with Crippen LogP contribution in [0.1, 0.15) is 40.7 Å². The molecule has 7 nitrogen and oxygen atoms in total. The lowest BCUT2D eigenvalue weighted by atomic mass is 10.0. The van der Waals surface area contributed by atoms with Crippen molar-refractivity contribution in [1.29, 1.82) is 5.26 Å². The average Bonchev–Trinajstić information content (AvgIpc) is 3.56. The summed E-state index contributed by atoms with van der Waals surface area (Å²) in [6.07, 6.45) is 1.82. The van der Waals surface area contributed by atoms with Gasteiger partial charge in [0.15, 0.2) is 0 Å². The third kappa shape index (κ3) is 4.34. The Morgan fingerprint density at radius 3 is 2.69 bits per heavy atom. The number of benzene rings is 1. The van der Waals surface area contributed by atoms with Gasteiger partial charge in [0.2, 0.25) is 11.6 Å². The summed E-state index contributed by atoms with van der Waals surface area (Å²) in [5.41, 5.74) is 7.76. The van der Waals surface area contributed by atoms with Crippen molar-refractivity contribution in [3.8, 4) is 6.07 Å². The fraction of sp³-hybridized carbons (Fsp3) is 0.333. The standard InChI is InChI=1S/C21H21N5O2S/c1-24-17-16(13-8-9-13)15(12-22)21(25-20(17)26(2)10-11-27)29-18(19(23)28)14-6-4-3-5-7-14/h3-7,13,18,27H,8-11H2,2H3,(H2,23,28). The summed E-state index contributed by atoms with van der Waals surface area (Å²) < 4.78 is 0. The number of likely N-dealkylation sites (N-methyl/N-ethyl adjacent to an activating group) is 1. The zero-order chi connectivity index (χ0) is 21.0. The highest BCUT2D eigenvalue weighted by molar-refractivity contribution is 8.00. The molecule has 148 valence electrons. The first-order chi connectivity index (χ1) is 14.0. The third-order valence-corrected chi connectivity index (χ3v) is 6.01. The molecule has 0 spiro atoms. The summed E-state index contributed by atoms with van der Waals surface area (Å²) in [6, 6.07) is 11.3. The van der Waals surface area contributed by atoms with E-state index in [9.17, 15) is 15.2 Å². The first-order valence-electron chi connectivity index (χ1n) is 9.20. The Hall–Kier alpha value is -3.07. The van der Waals surface area contributed by atoms with Crippen molar-refractivity contribution >= 4 is 29.2 Å². The lowest BCUT2D eigenvalue weighted by Crippen LogP contribution is -2.23. The van der Waals surface area contributed by atoms with Crippen LogP contribution in [0.15, 0.2) is 35.4 Å². The van der Waals surface area contributed by atoms with Gasteiger partial charge in [-0.25, -0.2) is 9.83 Å². The molecule has 1 aliphatic rings. The Balaban J connectivity index is 2.16. The highest BCUT2D eigenvalue weighted by atomic mass is 32.2. The van der Waals surface area contributed by atoms with Gasteiger partial charge in [-0.15, -0.1) is 0 Å². The molecule has 0 bridgehead atoms. The van der Waals surface area contributed by atoms with Crippen molar-refractivity contribution in [3.05, 3.63) is 58.4 Å². The maximum atomic E-state index is 12.2. The molecule has 1 aliphatic carbocycles. The smallest absolute Gasteiger partial charge is 0.235 e. The Bertz CT molecular complexity index is 993. The average molecular weight is 407 g/mol. The Morgan fingerprint density at radius 2 is 2.17 bits per heavy atom. The fourth-order valence-corrected chi connectivity index (χ4v) is 4.23. The second kappa shape index (κ2) is 8.95. The number of nitrogens with zero attached hydrogens (tertiary/aromatic N) is 4. The van der Waals surface area contributed by atoms with Gasteiger partial charge in [0.1, 0.15) is 22.2 Å². The van der Waals surface area contributed by atoms with Gasteiger partial charge in [0.05, 0.1) is 18.7 Å². The number of nitriles is 1. The monoisotopic (exact) mass is 407 g/mol. The van der Waals surface area contributed by atoms with E-state index >= 15 is 0 Å². The molecule has 3 N–H and O–H groups in total. The second-order valence-electron chi connectivity index (χ2n) is 6.83. The van der Waals surface area contributed by atoms with E-state index in [0.717, 1.165) is 30.2 Å². The van der Waals surface area contributed by atoms with Gasteiger partial charge in [0.25, 0.3) is 0 Å². The molecule has 1 fully saturated rings. The van der Waals surface area contributed by atoms with Crippen LogP contribution in [0.5, 0.6) is 0 Å². The molecule has 1 heterocycles. The van der Waals surface area contributed by atoms with Crippen LogP contribution in [-0.2, 0) is 4.79 Å². The maximum absolute atomic E-state index is 12.2. The van der Waals surface area contributed by atoms with Crippen LogP contribution in [0.4, 0.5) is 11.5 Å². The minimum absolute atomic E-state index is 0.0925. The van der Waals surface area contributed by atoms with Gasteiger partial charge in [-0.05, 0) is 29.9 Å². The lowest BCUT2D eigenvalue weighted by Gasteiger charge is -2.23. The van der Waals surface area contributed by atoms with E-state index < -0.39 is 11.2 Å². The van der Waals surface area contributed by atoms with E-state index in [4.69, 9.17) is 12.3 Å². The van der Waals surface area contributed by atoms with Crippen molar-refractivity contribution in [2.24, 2.45) is 5.73 Å². The molecular weight excluding hydrogens is 386 g/mol. The van der Waals surface area contributed by atoms with Crippen LogP contribution in [0.3, 0.4) is 0 Å². The van der Waals surface area contributed by atoms with Crippen molar-refractivity contribution in [3.63, 3.8) is 0 Å². The van der Waals surface area contributed by atoms with Gasteiger partial charge in [-0.3, -0.25) is 4.79 Å². The largest absolute Gasteiger partial charge is 0.395 e. The number of aromatic nitrogens is 1. The maximum Gasteiger partial charge on any atom is 0.235 e. The predicted octanol–water partition coefficient (Wildman–Crippen LogP) is 3.13. The minimum Gasteiger partial charge on any atom is -0.395 e. The van der Waals surface area contributed by atoms with Gasteiger partial charge < -0.3 is 15.7 Å². The van der Waals surface area contributed by atoms with Crippen molar-refractivity contribution in [2.75, 3.05) is 25.1 Å². The number of hydrogen-bond donors (Lipinski definition) is 2. The molecular formula is C21H21N5O2S. The summed E-state index contributed by atoms with van der Waals surface area (Å²) in [6.45, 7) is 7.87. The van der Waals surface area contributed by atoms with Crippen molar-refractivity contribution in [2.45, 2.75) is 29.0 Å². The fourth-order valence-electron chi connectivity index (χ4n) is 3.18. The number of thioether (sulfide) groups is 1. The summed E-state index contributed by atoms with van der Waals surface area (Å²) in [5.74, 6) is 0.0224. The number of aliphatic hydroxyl groups is 1.